The minimum atomic E-state index is 0.523. The Bertz CT molecular complexity index is 473. The first kappa shape index (κ1) is 15.7. The second-order valence-electron chi connectivity index (χ2n) is 5.63. The van der Waals surface area contributed by atoms with E-state index in [-0.39, 0.29) is 0 Å². The van der Waals surface area contributed by atoms with E-state index < -0.39 is 0 Å². The third-order valence-corrected chi connectivity index (χ3v) is 4.37. The van der Waals surface area contributed by atoms with Crippen molar-refractivity contribution < 1.29 is 0 Å². The molecule has 1 aliphatic heterocycles. The zero-order valence-corrected chi connectivity index (χ0v) is 13.6. The number of halogens is 2. The average molecular weight is 313 g/mol. The molecule has 1 aromatic rings. The second kappa shape index (κ2) is 7.35. The maximum atomic E-state index is 6.04. The monoisotopic (exact) mass is 312 g/mol. The molecule has 1 N–H and O–H groups in total. The van der Waals surface area contributed by atoms with Crippen LogP contribution in [0.4, 0.5) is 5.69 Å². The quantitative estimate of drug-likeness (QED) is 0.801. The van der Waals surface area contributed by atoms with Crippen molar-refractivity contribution in [3.8, 4) is 0 Å². The molecule has 0 aliphatic carbocycles. The van der Waals surface area contributed by atoms with Crippen molar-refractivity contribution in [2.75, 3.05) is 25.0 Å². The number of likely N-dealkylation sites (tertiary alicyclic amines) is 1. The van der Waals surface area contributed by atoms with Crippen LogP contribution in [0, 0.1) is 0 Å². The molecule has 0 unspecified atom stereocenters. The number of nitrogens with one attached hydrogen (secondary N) is 1. The number of hydrogen-bond donors (Lipinski definition) is 1. The lowest BCUT2D eigenvalue weighted by molar-refractivity contribution is 0.240. The van der Waals surface area contributed by atoms with Crippen LogP contribution in [-0.2, 0) is 0 Å². The van der Waals surface area contributed by atoms with Crippen molar-refractivity contribution in [1.82, 2.24) is 4.90 Å². The molecule has 0 amide bonds. The van der Waals surface area contributed by atoms with E-state index in [1.54, 1.807) is 0 Å². The molecule has 20 heavy (non-hydrogen) atoms. The van der Waals surface area contributed by atoms with Crippen LogP contribution in [-0.4, -0.2) is 30.6 Å². The molecule has 0 bridgehead atoms. The minimum absolute atomic E-state index is 0.523. The number of benzene rings is 1. The molecule has 0 radical (unpaired) electrons. The summed E-state index contributed by atoms with van der Waals surface area (Å²) in [5.41, 5.74) is 2.45. The Morgan fingerprint density at radius 2 is 1.95 bits per heavy atom. The van der Waals surface area contributed by atoms with Gasteiger partial charge < -0.3 is 5.32 Å². The first-order valence-corrected chi connectivity index (χ1v) is 7.87. The summed E-state index contributed by atoms with van der Waals surface area (Å²) in [5, 5.41) is 4.76. The summed E-state index contributed by atoms with van der Waals surface area (Å²) in [5.74, 6) is 0. The van der Waals surface area contributed by atoms with Crippen LogP contribution in [0.15, 0.2) is 29.8 Å². The van der Waals surface area contributed by atoms with Crippen molar-refractivity contribution in [1.29, 1.82) is 0 Å². The van der Waals surface area contributed by atoms with E-state index in [4.69, 9.17) is 23.2 Å². The standard InChI is InChI=1S/C16H22Cl2N2/c1-12(2)5-8-20-9-6-13(7-10-20)19-14-3-4-15(17)16(18)11-14/h3-5,11,13,19H,6-10H2,1-2H3. The van der Waals surface area contributed by atoms with E-state index in [0.29, 0.717) is 16.1 Å². The molecular weight excluding hydrogens is 291 g/mol. The maximum Gasteiger partial charge on any atom is 0.0612 e. The Morgan fingerprint density at radius 3 is 2.55 bits per heavy atom. The van der Waals surface area contributed by atoms with Gasteiger partial charge in [-0.1, -0.05) is 34.9 Å². The van der Waals surface area contributed by atoms with Crippen molar-refractivity contribution in [2.24, 2.45) is 0 Å². The molecule has 1 aromatic carbocycles. The van der Waals surface area contributed by atoms with Gasteiger partial charge in [-0.3, -0.25) is 4.90 Å². The molecule has 2 nitrogen and oxygen atoms in total. The number of allylic oxidation sites excluding steroid dienone is 1. The van der Waals surface area contributed by atoms with Crippen LogP contribution in [0.3, 0.4) is 0 Å². The molecule has 2 rings (SSSR count). The first-order chi connectivity index (χ1) is 9.54. The highest BCUT2D eigenvalue weighted by Crippen LogP contribution is 2.26. The van der Waals surface area contributed by atoms with Gasteiger partial charge in [-0.2, -0.15) is 0 Å². The van der Waals surface area contributed by atoms with E-state index in [1.807, 2.05) is 18.2 Å². The molecule has 1 heterocycles. The van der Waals surface area contributed by atoms with Crippen LogP contribution in [0.1, 0.15) is 26.7 Å². The van der Waals surface area contributed by atoms with E-state index in [0.717, 1.165) is 38.2 Å². The SMILES string of the molecule is CC(C)=CCN1CCC(Nc2ccc(Cl)c(Cl)c2)CC1. The van der Waals surface area contributed by atoms with Gasteiger partial charge >= 0.3 is 0 Å². The second-order valence-corrected chi connectivity index (χ2v) is 6.44. The fourth-order valence-electron chi connectivity index (χ4n) is 2.39. The summed E-state index contributed by atoms with van der Waals surface area (Å²) in [6.45, 7) is 7.66. The first-order valence-electron chi connectivity index (χ1n) is 7.12. The predicted octanol–water partition coefficient (Wildman–Crippen LogP) is 4.84. The fraction of sp³-hybridized carbons (Fsp3) is 0.500. The highest BCUT2D eigenvalue weighted by molar-refractivity contribution is 6.42. The third-order valence-electron chi connectivity index (χ3n) is 3.64. The topological polar surface area (TPSA) is 15.3 Å². The summed E-state index contributed by atoms with van der Waals surface area (Å²) in [4.78, 5) is 2.50. The summed E-state index contributed by atoms with van der Waals surface area (Å²) in [6.07, 6.45) is 4.63. The number of hydrogen-bond acceptors (Lipinski definition) is 2. The molecule has 0 saturated carbocycles. The molecule has 4 heteroatoms. The molecule has 0 atom stereocenters. The van der Waals surface area contributed by atoms with E-state index >= 15 is 0 Å². The van der Waals surface area contributed by atoms with Crippen molar-refractivity contribution in [3.63, 3.8) is 0 Å². The maximum absolute atomic E-state index is 6.04. The largest absolute Gasteiger partial charge is 0.382 e. The zero-order valence-electron chi connectivity index (χ0n) is 12.1. The highest BCUT2D eigenvalue weighted by atomic mass is 35.5. The molecule has 1 fully saturated rings. The Hall–Kier alpha value is -0.700. The third kappa shape index (κ3) is 4.69. The summed E-state index contributed by atoms with van der Waals surface area (Å²) in [6, 6.07) is 6.26. The molecule has 0 aromatic heterocycles. The van der Waals surface area contributed by atoms with Gasteiger partial charge in [0.1, 0.15) is 0 Å². The molecule has 0 spiro atoms. The number of nitrogens with zero attached hydrogens (tertiary/aromatic N) is 1. The van der Waals surface area contributed by atoms with Crippen molar-refractivity contribution >= 4 is 28.9 Å². The number of rotatable bonds is 4. The fourth-order valence-corrected chi connectivity index (χ4v) is 2.69. The van der Waals surface area contributed by atoms with Gasteiger partial charge in [-0.25, -0.2) is 0 Å². The van der Waals surface area contributed by atoms with Gasteiger partial charge in [-0.15, -0.1) is 0 Å². The van der Waals surface area contributed by atoms with Gasteiger partial charge in [0.15, 0.2) is 0 Å². The van der Waals surface area contributed by atoms with Gasteiger partial charge in [-0.05, 0) is 44.9 Å². The Morgan fingerprint density at radius 1 is 1.25 bits per heavy atom. The van der Waals surface area contributed by atoms with Crippen LogP contribution in [0.25, 0.3) is 0 Å². The molecule has 1 aliphatic rings. The smallest absolute Gasteiger partial charge is 0.0612 e. The van der Waals surface area contributed by atoms with Crippen LogP contribution >= 0.6 is 23.2 Å². The van der Waals surface area contributed by atoms with Crippen molar-refractivity contribution in [2.45, 2.75) is 32.7 Å². The van der Waals surface area contributed by atoms with Gasteiger partial charge in [0.05, 0.1) is 10.0 Å². The minimum Gasteiger partial charge on any atom is -0.382 e. The van der Waals surface area contributed by atoms with Gasteiger partial charge in [0.2, 0.25) is 0 Å². The Labute approximate surface area is 131 Å². The normalized spacial score (nSPS) is 17.0. The lowest BCUT2D eigenvalue weighted by Gasteiger charge is -2.32. The number of anilines is 1. The Kier molecular flexibility index (Phi) is 5.76. The lowest BCUT2D eigenvalue weighted by Crippen LogP contribution is -2.39. The zero-order chi connectivity index (χ0) is 14.5. The molecule has 1 saturated heterocycles. The van der Waals surface area contributed by atoms with Gasteiger partial charge in [0.25, 0.3) is 0 Å². The van der Waals surface area contributed by atoms with Crippen molar-refractivity contribution in [3.05, 3.63) is 39.9 Å². The number of piperidine rings is 1. The summed E-state index contributed by atoms with van der Waals surface area (Å²) >= 11 is 12.0. The van der Waals surface area contributed by atoms with Crippen LogP contribution in [0.5, 0.6) is 0 Å². The highest BCUT2D eigenvalue weighted by Gasteiger charge is 2.18. The Balaban J connectivity index is 1.82. The summed E-state index contributed by atoms with van der Waals surface area (Å²) < 4.78 is 0. The van der Waals surface area contributed by atoms with Crippen LogP contribution < -0.4 is 5.32 Å². The summed E-state index contributed by atoms with van der Waals surface area (Å²) in [7, 11) is 0. The van der Waals surface area contributed by atoms with E-state index in [1.165, 1.54) is 5.57 Å². The van der Waals surface area contributed by atoms with E-state index in [9.17, 15) is 0 Å². The predicted molar refractivity (Wildman–Crippen MR) is 89.0 cm³/mol. The van der Waals surface area contributed by atoms with E-state index in [2.05, 4.69) is 30.1 Å². The molecular formula is C16H22Cl2N2. The average Bonchev–Trinajstić information content (AvgIpc) is 2.42. The molecule has 110 valence electrons. The van der Waals surface area contributed by atoms with Crippen LogP contribution in [0.2, 0.25) is 10.0 Å². The lowest BCUT2D eigenvalue weighted by atomic mass is 10.0. The van der Waals surface area contributed by atoms with Gasteiger partial charge in [0, 0.05) is 31.4 Å².